The Morgan fingerprint density at radius 1 is 1.50 bits per heavy atom. The van der Waals surface area contributed by atoms with Crippen LogP contribution in [0.25, 0.3) is 0 Å². The number of aryl methyl sites for hydroxylation is 1. The van der Waals surface area contributed by atoms with Crippen LogP contribution in [0.2, 0.25) is 0 Å². The summed E-state index contributed by atoms with van der Waals surface area (Å²) >= 11 is 3.15. The molecular formula is C9H10BrFO. The van der Waals surface area contributed by atoms with Gasteiger partial charge in [-0.25, -0.2) is 4.39 Å². The van der Waals surface area contributed by atoms with Crippen LogP contribution in [0.4, 0.5) is 4.39 Å². The Hall–Kier alpha value is -0.410. The third-order valence-corrected chi connectivity index (χ3v) is 2.59. The van der Waals surface area contributed by atoms with E-state index in [0.717, 1.165) is 5.56 Å². The molecule has 0 aliphatic carbocycles. The predicted molar refractivity (Wildman–Crippen MR) is 49.6 cm³/mol. The first kappa shape index (κ1) is 9.68. The van der Waals surface area contributed by atoms with E-state index in [2.05, 4.69) is 15.9 Å². The van der Waals surface area contributed by atoms with Crippen LogP contribution in [0.3, 0.4) is 0 Å². The number of hydrogen-bond acceptors (Lipinski definition) is 1. The van der Waals surface area contributed by atoms with Crippen molar-refractivity contribution >= 4 is 15.9 Å². The van der Waals surface area contributed by atoms with Gasteiger partial charge in [0.25, 0.3) is 0 Å². The summed E-state index contributed by atoms with van der Waals surface area (Å²) in [7, 11) is 0. The summed E-state index contributed by atoms with van der Waals surface area (Å²) in [5, 5.41) is 8.66. The fourth-order valence-corrected chi connectivity index (χ4v) is 1.64. The van der Waals surface area contributed by atoms with Gasteiger partial charge in [-0.1, -0.05) is 12.1 Å². The summed E-state index contributed by atoms with van der Waals surface area (Å²) in [6.45, 7) is 1.75. The van der Waals surface area contributed by atoms with Gasteiger partial charge in [0.15, 0.2) is 0 Å². The molecule has 0 radical (unpaired) electrons. The standard InChI is InChI=1S/C9H10BrFO/c1-6-2-3-7(4-5-12)8(10)9(6)11/h2-3,12H,4-5H2,1H3. The van der Waals surface area contributed by atoms with Crippen molar-refractivity contribution in [2.75, 3.05) is 6.61 Å². The number of aliphatic hydroxyl groups is 1. The van der Waals surface area contributed by atoms with Crippen molar-refractivity contribution in [3.8, 4) is 0 Å². The Bertz CT molecular complexity index is 286. The number of halogens is 2. The summed E-state index contributed by atoms with van der Waals surface area (Å²) in [6.07, 6.45) is 0.484. The van der Waals surface area contributed by atoms with Crippen molar-refractivity contribution in [1.29, 1.82) is 0 Å². The second-order valence-electron chi connectivity index (χ2n) is 2.64. The minimum Gasteiger partial charge on any atom is -0.396 e. The van der Waals surface area contributed by atoms with E-state index in [1.807, 2.05) is 6.07 Å². The number of hydrogen-bond donors (Lipinski definition) is 1. The number of benzene rings is 1. The molecule has 0 fully saturated rings. The summed E-state index contributed by atoms with van der Waals surface area (Å²) in [5.74, 6) is -0.235. The monoisotopic (exact) mass is 232 g/mol. The van der Waals surface area contributed by atoms with Gasteiger partial charge in [0.05, 0.1) is 4.47 Å². The van der Waals surface area contributed by atoms with Gasteiger partial charge in [-0.05, 0) is 40.4 Å². The van der Waals surface area contributed by atoms with Crippen molar-refractivity contribution < 1.29 is 9.50 Å². The third-order valence-electron chi connectivity index (χ3n) is 1.74. The Balaban J connectivity index is 3.08. The van der Waals surface area contributed by atoms with E-state index in [-0.39, 0.29) is 12.4 Å². The molecule has 0 heterocycles. The lowest BCUT2D eigenvalue weighted by Gasteiger charge is -2.05. The smallest absolute Gasteiger partial charge is 0.140 e. The van der Waals surface area contributed by atoms with Crippen LogP contribution in [-0.2, 0) is 6.42 Å². The second-order valence-corrected chi connectivity index (χ2v) is 3.44. The Kier molecular flexibility index (Phi) is 3.23. The highest BCUT2D eigenvalue weighted by atomic mass is 79.9. The van der Waals surface area contributed by atoms with Gasteiger partial charge < -0.3 is 5.11 Å². The molecule has 0 aliphatic heterocycles. The van der Waals surface area contributed by atoms with Crippen LogP contribution in [0, 0.1) is 12.7 Å². The van der Waals surface area contributed by atoms with Crippen LogP contribution < -0.4 is 0 Å². The quantitative estimate of drug-likeness (QED) is 0.831. The van der Waals surface area contributed by atoms with Gasteiger partial charge in [0, 0.05) is 6.61 Å². The van der Waals surface area contributed by atoms with E-state index >= 15 is 0 Å². The molecule has 0 amide bonds. The van der Waals surface area contributed by atoms with Gasteiger partial charge in [-0.2, -0.15) is 0 Å². The van der Waals surface area contributed by atoms with Gasteiger partial charge in [-0.15, -0.1) is 0 Å². The molecule has 0 unspecified atom stereocenters. The highest BCUT2D eigenvalue weighted by molar-refractivity contribution is 9.10. The first-order chi connectivity index (χ1) is 5.66. The molecule has 1 rings (SSSR count). The largest absolute Gasteiger partial charge is 0.396 e. The highest BCUT2D eigenvalue weighted by Gasteiger charge is 2.07. The minimum absolute atomic E-state index is 0.0428. The molecule has 0 saturated carbocycles. The van der Waals surface area contributed by atoms with Crippen LogP contribution in [0.5, 0.6) is 0 Å². The molecule has 0 saturated heterocycles. The van der Waals surface area contributed by atoms with Gasteiger partial charge in [-0.3, -0.25) is 0 Å². The summed E-state index contributed by atoms with van der Waals surface area (Å²) in [5.41, 5.74) is 1.42. The molecule has 0 aliphatic rings. The SMILES string of the molecule is Cc1ccc(CCO)c(Br)c1F. The van der Waals surface area contributed by atoms with E-state index in [1.165, 1.54) is 0 Å². The zero-order valence-electron chi connectivity index (χ0n) is 6.77. The van der Waals surface area contributed by atoms with Crippen molar-refractivity contribution in [2.24, 2.45) is 0 Å². The molecule has 0 bridgehead atoms. The van der Waals surface area contributed by atoms with E-state index < -0.39 is 0 Å². The fourth-order valence-electron chi connectivity index (χ4n) is 1.000. The molecule has 0 atom stereocenters. The lowest BCUT2D eigenvalue weighted by atomic mass is 10.1. The average molecular weight is 233 g/mol. The van der Waals surface area contributed by atoms with Gasteiger partial charge >= 0.3 is 0 Å². The molecule has 1 aromatic rings. The van der Waals surface area contributed by atoms with E-state index in [1.54, 1.807) is 13.0 Å². The summed E-state index contributed by atoms with van der Waals surface area (Å²) in [6, 6.07) is 3.53. The first-order valence-corrected chi connectivity index (χ1v) is 4.50. The maximum atomic E-state index is 13.2. The van der Waals surface area contributed by atoms with Crippen LogP contribution in [0.15, 0.2) is 16.6 Å². The van der Waals surface area contributed by atoms with Crippen LogP contribution in [0.1, 0.15) is 11.1 Å². The topological polar surface area (TPSA) is 20.2 Å². The van der Waals surface area contributed by atoms with E-state index in [9.17, 15) is 4.39 Å². The molecular weight excluding hydrogens is 223 g/mol. The maximum absolute atomic E-state index is 13.2. The molecule has 1 aromatic carbocycles. The molecule has 1 N–H and O–H groups in total. The number of rotatable bonds is 2. The van der Waals surface area contributed by atoms with Crippen LogP contribution in [-0.4, -0.2) is 11.7 Å². The van der Waals surface area contributed by atoms with Crippen molar-refractivity contribution in [1.82, 2.24) is 0 Å². The van der Waals surface area contributed by atoms with Gasteiger partial charge in [0.2, 0.25) is 0 Å². The predicted octanol–water partition coefficient (Wildman–Crippen LogP) is 2.43. The highest BCUT2D eigenvalue weighted by Crippen LogP contribution is 2.23. The number of aliphatic hydroxyl groups excluding tert-OH is 1. The molecule has 3 heteroatoms. The minimum atomic E-state index is -0.235. The zero-order valence-corrected chi connectivity index (χ0v) is 8.36. The molecule has 0 spiro atoms. The van der Waals surface area contributed by atoms with Crippen molar-refractivity contribution in [3.63, 3.8) is 0 Å². The maximum Gasteiger partial charge on any atom is 0.140 e. The van der Waals surface area contributed by atoms with E-state index in [0.29, 0.717) is 16.5 Å². The van der Waals surface area contributed by atoms with Crippen LogP contribution >= 0.6 is 15.9 Å². The Morgan fingerprint density at radius 3 is 2.75 bits per heavy atom. The first-order valence-electron chi connectivity index (χ1n) is 3.71. The molecule has 12 heavy (non-hydrogen) atoms. The molecule has 1 nitrogen and oxygen atoms in total. The summed E-state index contributed by atoms with van der Waals surface area (Å²) in [4.78, 5) is 0. The van der Waals surface area contributed by atoms with E-state index in [4.69, 9.17) is 5.11 Å². The third kappa shape index (κ3) is 1.84. The van der Waals surface area contributed by atoms with Crippen molar-refractivity contribution in [3.05, 3.63) is 33.5 Å². The van der Waals surface area contributed by atoms with Crippen molar-refractivity contribution in [2.45, 2.75) is 13.3 Å². The fraction of sp³-hybridized carbons (Fsp3) is 0.333. The van der Waals surface area contributed by atoms with Gasteiger partial charge in [0.1, 0.15) is 5.82 Å². The second kappa shape index (κ2) is 4.01. The Labute approximate surface area is 79.4 Å². The lowest BCUT2D eigenvalue weighted by molar-refractivity contribution is 0.299. The Morgan fingerprint density at radius 2 is 2.17 bits per heavy atom. The summed E-state index contributed by atoms with van der Waals surface area (Å²) < 4.78 is 13.7. The lowest BCUT2D eigenvalue weighted by Crippen LogP contribution is -1.95. The zero-order chi connectivity index (χ0) is 9.14. The average Bonchev–Trinajstić information content (AvgIpc) is 2.07. The normalized spacial score (nSPS) is 10.3. The molecule has 66 valence electrons. The molecule has 0 aromatic heterocycles.